The molecule has 0 aliphatic carbocycles. The van der Waals surface area contributed by atoms with Crippen LogP contribution in [0.1, 0.15) is 11.1 Å². The van der Waals surface area contributed by atoms with E-state index in [1.807, 2.05) is 72.9 Å². The third-order valence-corrected chi connectivity index (χ3v) is 6.83. The van der Waals surface area contributed by atoms with Gasteiger partial charge in [0.05, 0.1) is 0 Å². The summed E-state index contributed by atoms with van der Waals surface area (Å²) in [6.07, 6.45) is 3.71. The maximum atomic E-state index is 13.2. The first-order chi connectivity index (χ1) is 17.1. The van der Waals surface area contributed by atoms with Crippen LogP contribution in [0.15, 0.2) is 90.6 Å². The van der Waals surface area contributed by atoms with Crippen molar-refractivity contribution in [3.63, 3.8) is 0 Å². The number of nitriles is 1. The van der Waals surface area contributed by atoms with Gasteiger partial charge < -0.3 is 14.4 Å². The highest BCUT2D eigenvalue weighted by Gasteiger charge is 2.24. The maximum absolute atomic E-state index is 13.2. The summed E-state index contributed by atoms with van der Waals surface area (Å²) in [4.78, 5) is 17.3. The van der Waals surface area contributed by atoms with Gasteiger partial charge in [-0.3, -0.25) is 4.79 Å². The molecule has 0 N–H and O–H groups in total. The summed E-state index contributed by atoms with van der Waals surface area (Å²) < 4.78 is 2.11. The summed E-state index contributed by atoms with van der Waals surface area (Å²) in [5.41, 5.74) is 4.19. The number of rotatable bonds is 5. The second-order valence-corrected chi connectivity index (χ2v) is 9.01. The third kappa shape index (κ3) is 4.80. The number of para-hydroxylation sites is 2. The number of fused-ring (bicyclic) bond motifs is 1. The van der Waals surface area contributed by atoms with E-state index in [0.29, 0.717) is 24.7 Å². The zero-order valence-electron chi connectivity index (χ0n) is 19.3. The zero-order chi connectivity index (χ0) is 24.2. The molecule has 0 saturated carbocycles. The van der Waals surface area contributed by atoms with Gasteiger partial charge in [0.2, 0.25) is 0 Å². The van der Waals surface area contributed by atoms with E-state index in [9.17, 15) is 10.1 Å². The third-order valence-electron chi connectivity index (χ3n) is 6.46. The number of nitrogens with zero attached hydrogens (tertiary/aromatic N) is 4. The molecule has 0 bridgehead atoms. The zero-order valence-corrected chi connectivity index (χ0v) is 20.0. The first kappa shape index (κ1) is 22.8. The number of piperazine rings is 1. The Kier molecular flexibility index (Phi) is 6.56. The van der Waals surface area contributed by atoms with Crippen LogP contribution in [0, 0.1) is 11.3 Å². The number of carbonyl (C=O) groups is 1. The van der Waals surface area contributed by atoms with E-state index < -0.39 is 0 Å². The summed E-state index contributed by atoms with van der Waals surface area (Å²) >= 11 is 6.39. The Bertz CT molecular complexity index is 1430. The molecule has 2 heterocycles. The number of amides is 1. The molecule has 1 saturated heterocycles. The Morgan fingerprint density at radius 3 is 2.34 bits per heavy atom. The fraction of sp³-hybridized carbons (Fsp3) is 0.172. The summed E-state index contributed by atoms with van der Waals surface area (Å²) in [6.45, 7) is 3.25. The van der Waals surface area contributed by atoms with Gasteiger partial charge >= 0.3 is 0 Å². The number of anilines is 1. The monoisotopic (exact) mass is 480 g/mol. The van der Waals surface area contributed by atoms with E-state index in [2.05, 4.69) is 27.7 Å². The Balaban J connectivity index is 1.38. The molecule has 174 valence electrons. The Morgan fingerprint density at radius 1 is 0.914 bits per heavy atom. The van der Waals surface area contributed by atoms with E-state index in [-0.39, 0.29) is 11.5 Å². The minimum absolute atomic E-state index is 0.152. The minimum atomic E-state index is -0.219. The Labute approximate surface area is 210 Å². The number of aromatic nitrogens is 1. The molecular formula is C29H25ClN4O. The molecule has 1 fully saturated rings. The average Bonchev–Trinajstić information content (AvgIpc) is 3.26. The standard InChI is InChI=1S/C29H25ClN4O/c30-27-12-6-4-8-22(27)20-34-21-24(26-11-5-7-13-28(26)34)18-23(19-31)29(35)33-16-14-32(15-17-33)25-9-2-1-3-10-25/h1-13,18,21H,14-17,20H2/b23-18+. The van der Waals surface area contributed by atoms with Crippen LogP contribution in [0.2, 0.25) is 5.02 Å². The number of hydrogen-bond acceptors (Lipinski definition) is 3. The van der Waals surface area contributed by atoms with Crippen LogP contribution in [0.5, 0.6) is 0 Å². The quantitative estimate of drug-likeness (QED) is 0.276. The summed E-state index contributed by atoms with van der Waals surface area (Å²) in [6, 6.07) is 28.1. The second-order valence-electron chi connectivity index (χ2n) is 8.61. The molecule has 35 heavy (non-hydrogen) atoms. The molecule has 0 radical (unpaired) electrons. The van der Waals surface area contributed by atoms with Gasteiger partial charge in [0.25, 0.3) is 5.91 Å². The van der Waals surface area contributed by atoms with Gasteiger partial charge in [-0.25, -0.2) is 0 Å². The molecule has 0 atom stereocenters. The Hall–Kier alpha value is -4.01. The van der Waals surface area contributed by atoms with Gasteiger partial charge in [0.15, 0.2) is 0 Å². The van der Waals surface area contributed by atoms with Gasteiger partial charge in [-0.15, -0.1) is 0 Å². The summed E-state index contributed by atoms with van der Waals surface area (Å²) in [5.74, 6) is -0.219. The average molecular weight is 481 g/mol. The lowest BCUT2D eigenvalue weighted by Gasteiger charge is -2.36. The van der Waals surface area contributed by atoms with Crippen molar-refractivity contribution in [3.8, 4) is 6.07 Å². The highest BCUT2D eigenvalue weighted by atomic mass is 35.5. The van der Waals surface area contributed by atoms with Crippen LogP contribution in [-0.4, -0.2) is 41.6 Å². The topological polar surface area (TPSA) is 52.3 Å². The lowest BCUT2D eigenvalue weighted by Crippen LogP contribution is -2.49. The lowest BCUT2D eigenvalue weighted by molar-refractivity contribution is -0.126. The van der Waals surface area contributed by atoms with E-state index >= 15 is 0 Å². The number of hydrogen-bond donors (Lipinski definition) is 0. The molecule has 6 heteroatoms. The van der Waals surface area contributed by atoms with Crippen LogP contribution in [-0.2, 0) is 11.3 Å². The molecular weight excluding hydrogens is 456 g/mol. The van der Waals surface area contributed by atoms with Gasteiger partial charge in [0, 0.05) is 66.1 Å². The van der Waals surface area contributed by atoms with Crippen molar-refractivity contribution in [3.05, 3.63) is 107 Å². The fourth-order valence-corrected chi connectivity index (χ4v) is 4.80. The predicted molar refractivity (Wildman–Crippen MR) is 141 cm³/mol. The van der Waals surface area contributed by atoms with Gasteiger partial charge in [-0.1, -0.05) is 66.2 Å². The van der Waals surface area contributed by atoms with Gasteiger partial charge in [-0.05, 0) is 35.9 Å². The first-order valence-electron chi connectivity index (χ1n) is 11.7. The SMILES string of the molecule is N#C/C(=C\c1cn(Cc2ccccc2Cl)c2ccccc12)C(=O)N1CCN(c2ccccc2)CC1. The number of benzene rings is 3. The van der Waals surface area contributed by atoms with Crippen molar-refractivity contribution in [2.24, 2.45) is 0 Å². The lowest BCUT2D eigenvalue weighted by atomic mass is 10.1. The minimum Gasteiger partial charge on any atom is -0.368 e. The number of halogens is 1. The summed E-state index contributed by atoms with van der Waals surface area (Å²) in [5, 5.41) is 11.6. The molecule has 5 nitrogen and oxygen atoms in total. The van der Waals surface area contributed by atoms with Crippen molar-refractivity contribution in [2.75, 3.05) is 31.1 Å². The second kappa shape index (κ2) is 10.1. The highest BCUT2D eigenvalue weighted by Crippen LogP contribution is 2.27. The van der Waals surface area contributed by atoms with E-state index in [0.717, 1.165) is 40.8 Å². The van der Waals surface area contributed by atoms with Crippen LogP contribution in [0.25, 0.3) is 17.0 Å². The first-order valence-corrected chi connectivity index (χ1v) is 12.0. The molecule has 1 amide bonds. The van der Waals surface area contributed by atoms with E-state index in [1.54, 1.807) is 11.0 Å². The van der Waals surface area contributed by atoms with Crippen LogP contribution < -0.4 is 4.90 Å². The van der Waals surface area contributed by atoms with E-state index in [4.69, 9.17) is 11.6 Å². The molecule has 0 spiro atoms. The smallest absolute Gasteiger partial charge is 0.264 e. The number of carbonyl (C=O) groups excluding carboxylic acids is 1. The fourth-order valence-electron chi connectivity index (χ4n) is 4.61. The molecule has 1 aromatic heterocycles. The molecule has 3 aromatic carbocycles. The molecule has 5 rings (SSSR count). The van der Waals surface area contributed by atoms with Crippen molar-refractivity contribution >= 4 is 40.2 Å². The highest BCUT2D eigenvalue weighted by molar-refractivity contribution is 6.31. The largest absolute Gasteiger partial charge is 0.368 e. The molecule has 1 aliphatic rings. The van der Waals surface area contributed by atoms with Gasteiger partial charge in [0.1, 0.15) is 11.6 Å². The van der Waals surface area contributed by atoms with Gasteiger partial charge in [-0.2, -0.15) is 5.26 Å². The van der Waals surface area contributed by atoms with Crippen molar-refractivity contribution < 1.29 is 4.79 Å². The van der Waals surface area contributed by atoms with Crippen LogP contribution in [0.4, 0.5) is 5.69 Å². The summed E-state index contributed by atoms with van der Waals surface area (Å²) in [7, 11) is 0. The van der Waals surface area contributed by atoms with Crippen molar-refractivity contribution in [2.45, 2.75) is 6.54 Å². The van der Waals surface area contributed by atoms with Crippen LogP contribution >= 0.6 is 11.6 Å². The normalized spacial score (nSPS) is 14.2. The predicted octanol–water partition coefficient (Wildman–Crippen LogP) is 5.60. The van der Waals surface area contributed by atoms with Crippen LogP contribution in [0.3, 0.4) is 0 Å². The molecule has 1 aliphatic heterocycles. The molecule has 4 aromatic rings. The van der Waals surface area contributed by atoms with E-state index in [1.165, 1.54) is 0 Å². The maximum Gasteiger partial charge on any atom is 0.264 e. The molecule has 0 unspecified atom stereocenters. The Morgan fingerprint density at radius 2 is 1.60 bits per heavy atom. The van der Waals surface area contributed by atoms with Crippen molar-refractivity contribution in [1.82, 2.24) is 9.47 Å². The van der Waals surface area contributed by atoms with Crippen molar-refractivity contribution in [1.29, 1.82) is 5.26 Å².